The molecule has 2 aromatic heterocycles. The third kappa shape index (κ3) is 4.50. The summed E-state index contributed by atoms with van der Waals surface area (Å²) >= 11 is 1.45. The van der Waals surface area contributed by atoms with Crippen LogP contribution in [0.3, 0.4) is 0 Å². The average Bonchev–Trinajstić information content (AvgIpc) is 3.12. The second-order valence-electron chi connectivity index (χ2n) is 7.21. The van der Waals surface area contributed by atoms with Gasteiger partial charge in [-0.3, -0.25) is 9.36 Å². The van der Waals surface area contributed by atoms with Crippen LogP contribution in [0, 0.1) is 6.92 Å². The van der Waals surface area contributed by atoms with E-state index in [0.29, 0.717) is 11.8 Å². The smallest absolute Gasteiger partial charge is 0.230 e. The largest absolute Gasteiger partial charge is 0.469 e. The number of aryl methyl sites for hydroxylation is 1. The monoisotopic (exact) mass is 376 g/mol. The molecule has 142 valence electrons. The Balaban J connectivity index is 1.65. The van der Waals surface area contributed by atoms with Crippen LogP contribution in [-0.2, 0) is 4.79 Å². The summed E-state index contributed by atoms with van der Waals surface area (Å²) in [6.45, 7) is 6.11. The van der Waals surface area contributed by atoms with Gasteiger partial charge in [-0.15, -0.1) is 10.2 Å². The molecule has 1 saturated carbocycles. The molecule has 3 rings (SSSR count). The van der Waals surface area contributed by atoms with Crippen LogP contribution >= 0.6 is 11.8 Å². The number of carbonyl (C=O) groups excluding carboxylic acids is 1. The Morgan fingerprint density at radius 2 is 2.04 bits per heavy atom. The second-order valence-corrected chi connectivity index (χ2v) is 8.15. The number of nitrogens with zero attached hydrogens (tertiary/aromatic N) is 3. The van der Waals surface area contributed by atoms with E-state index in [1.165, 1.54) is 37.4 Å². The molecule has 0 radical (unpaired) electrons. The summed E-state index contributed by atoms with van der Waals surface area (Å²) in [6.07, 6.45) is 8.87. The first kappa shape index (κ1) is 19.0. The van der Waals surface area contributed by atoms with Crippen LogP contribution in [0.2, 0.25) is 0 Å². The summed E-state index contributed by atoms with van der Waals surface area (Å²) in [5.74, 6) is 2.06. The van der Waals surface area contributed by atoms with Gasteiger partial charge < -0.3 is 9.73 Å². The molecule has 2 heterocycles. The Kier molecular flexibility index (Phi) is 6.40. The minimum atomic E-state index is 0.0845. The maximum absolute atomic E-state index is 12.4. The standard InChI is InChI=1S/C19H28N4O2S/c1-13(2)23-18(16-10-11-25-14(16)3)21-22-19(23)26-12-17(24)20-15-8-6-4-5-7-9-15/h10-11,13,15H,4-9,12H2,1-3H3,(H,20,24). The maximum atomic E-state index is 12.4. The van der Waals surface area contributed by atoms with Gasteiger partial charge in [-0.25, -0.2) is 0 Å². The molecule has 1 aliphatic rings. The third-order valence-corrected chi connectivity index (χ3v) is 5.78. The Bertz CT molecular complexity index is 730. The third-order valence-electron chi connectivity index (χ3n) is 4.83. The summed E-state index contributed by atoms with van der Waals surface area (Å²) in [5.41, 5.74) is 0.945. The van der Waals surface area contributed by atoms with E-state index in [-0.39, 0.29) is 11.9 Å². The van der Waals surface area contributed by atoms with E-state index in [0.717, 1.165) is 35.1 Å². The van der Waals surface area contributed by atoms with Crippen LogP contribution < -0.4 is 5.32 Å². The lowest BCUT2D eigenvalue weighted by molar-refractivity contribution is -0.119. The minimum absolute atomic E-state index is 0.0845. The van der Waals surface area contributed by atoms with Gasteiger partial charge in [0.05, 0.1) is 17.6 Å². The Morgan fingerprint density at radius 1 is 1.31 bits per heavy atom. The Hall–Kier alpha value is -1.76. The van der Waals surface area contributed by atoms with Crippen LogP contribution in [0.15, 0.2) is 21.9 Å². The van der Waals surface area contributed by atoms with E-state index in [1.807, 2.05) is 13.0 Å². The summed E-state index contributed by atoms with van der Waals surface area (Å²) < 4.78 is 7.47. The molecule has 26 heavy (non-hydrogen) atoms. The van der Waals surface area contributed by atoms with Crippen LogP contribution in [0.5, 0.6) is 0 Å². The molecule has 0 saturated heterocycles. The first-order valence-electron chi connectivity index (χ1n) is 9.47. The van der Waals surface area contributed by atoms with Gasteiger partial charge in [0.2, 0.25) is 5.91 Å². The maximum Gasteiger partial charge on any atom is 0.230 e. The summed E-state index contributed by atoms with van der Waals surface area (Å²) in [7, 11) is 0. The van der Waals surface area contributed by atoms with Gasteiger partial charge in [0.15, 0.2) is 11.0 Å². The molecule has 0 bridgehead atoms. The summed E-state index contributed by atoms with van der Waals surface area (Å²) in [5, 5.41) is 12.6. The van der Waals surface area contributed by atoms with E-state index >= 15 is 0 Å². The van der Waals surface area contributed by atoms with Crippen molar-refractivity contribution in [3.05, 3.63) is 18.1 Å². The number of hydrogen-bond acceptors (Lipinski definition) is 5. The topological polar surface area (TPSA) is 72.9 Å². The van der Waals surface area contributed by atoms with Gasteiger partial charge in [0.1, 0.15) is 5.76 Å². The quantitative estimate of drug-likeness (QED) is 0.599. The van der Waals surface area contributed by atoms with Crippen molar-refractivity contribution < 1.29 is 9.21 Å². The van der Waals surface area contributed by atoms with Crippen LogP contribution in [0.1, 0.15) is 64.2 Å². The molecule has 6 nitrogen and oxygen atoms in total. The van der Waals surface area contributed by atoms with E-state index in [1.54, 1.807) is 6.26 Å². The molecule has 0 spiro atoms. The molecule has 0 aliphatic heterocycles. The van der Waals surface area contributed by atoms with Crippen LogP contribution in [0.25, 0.3) is 11.4 Å². The zero-order chi connectivity index (χ0) is 18.5. The lowest BCUT2D eigenvalue weighted by Crippen LogP contribution is -2.35. The van der Waals surface area contributed by atoms with Gasteiger partial charge in [0, 0.05) is 12.1 Å². The predicted octanol–water partition coefficient (Wildman–Crippen LogP) is 4.36. The molecule has 0 aromatic carbocycles. The zero-order valence-corrected chi connectivity index (χ0v) is 16.6. The molecule has 7 heteroatoms. The van der Waals surface area contributed by atoms with Crippen molar-refractivity contribution in [3.8, 4) is 11.4 Å². The fraction of sp³-hybridized carbons (Fsp3) is 0.632. The number of aromatic nitrogens is 3. The fourth-order valence-corrected chi connectivity index (χ4v) is 4.34. The van der Waals surface area contributed by atoms with Gasteiger partial charge >= 0.3 is 0 Å². The zero-order valence-electron chi connectivity index (χ0n) is 15.8. The first-order chi connectivity index (χ1) is 12.6. The second kappa shape index (κ2) is 8.75. The number of nitrogens with one attached hydrogen (secondary N) is 1. The van der Waals surface area contributed by atoms with Gasteiger partial charge in [-0.05, 0) is 39.7 Å². The average molecular weight is 377 g/mol. The van der Waals surface area contributed by atoms with E-state index < -0.39 is 0 Å². The summed E-state index contributed by atoms with van der Waals surface area (Å²) in [6, 6.07) is 2.44. The van der Waals surface area contributed by atoms with Crippen LogP contribution in [0.4, 0.5) is 0 Å². The number of amides is 1. The number of furan rings is 1. The molecule has 0 unspecified atom stereocenters. The summed E-state index contributed by atoms with van der Waals surface area (Å²) in [4.78, 5) is 12.4. The van der Waals surface area contributed by atoms with E-state index in [9.17, 15) is 4.79 Å². The van der Waals surface area contributed by atoms with Crippen molar-refractivity contribution in [2.75, 3.05) is 5.75 Å². The van der Waals surface area contributed by atoms with Crippen molar-refractivity contribution in [1.29, 1.82) is 0 Å². The first-order valence-corrected chi connectivity index (χ1v) is 10.5. The Labute approximate surface area is 159 Å². The van der Waals surface area contributed by atoms with Crippen molar-refractivity contribution in [2.24, 2.45) is 0 Å². The normalized spacial score (nSPS) is 16.0. The fourth-order valence-electron chi connectivity index (χ4n) is 3.46. The number of hydrogen-bond donors (Lipinski definition) is 1. The lowest BCUT2D eigenvalue weighted by Gasteiger charge is -2.16. The molecule has 2 aromatic rings. The molecule has 1 N–H and O–H groups in total. The van der Waals surface area contributed by atoms with Crippen molar-refractivity contribution >= 4 is 17.7 Å². The number of rotatable bonds is 6. The molecular formula is C19H28N4O2S. The highest BCUT2D eigenvalue weighted by molar-refractivity contribution is 7.99. The molecular weight excluding hydrogens is 348 g/mol. The van der Waals surface area contributed by atoms with Crippen molar-refractivity contribution in [3.63, 3.8) is 0 Å². The molecule has 1 amide bonds. The van der Waals surface area contributed by atoms with Gasteiger partial charge in [0.25, 0.3) is 0 Å². The SMILES string of the molecule is Cc1occc1-c1nnc(SCC(=O)NC2CCCCCC2)n1C(C)C. The van der Waals surface area contributed by atoms with Crippen molar-refractivity contribution in [2.45, 2.75) is 76.5 Å². The van der Waals surface area contributed by atoms with Crippen LogP contribution in [-0.4, -0.2) is 32.5 Å². The predicted molar refractivity (Wildman–Crippen MR) is 103 cm³/mol. The van der Waals surface area contributed by atoms with Crippen molar-refractivity contribution in [1.82, 2.24) is 20.1 Å². The highest BCUT2D eigenvalue weighted by Gasteiger charge is 2.21. The lowest BCUT2D eigenvalue weighted by atomic mass is 10.1. The van der Waals surface area contributed by atoms with E-state index in [4.69, 9.17) is 4.42 Å². The number of carbonyl (C=O) groups is 1. The van der Waals surface area contributed by atoms with Gasteiger partial charge in [-0.2, -0.15) is 0 Å². The number of thioether (sulfide) groups is 1. The van der Waals surface area contributed by atoms with E-state index in [2.05, 4.69) is 33.9 Å². The van der Waals surface area contributed by atoms with Gasteiger partial charge in [-0.1, -0.05) is 37.4 Å². The highest BCUT2D eigenvalue weighted by Crippen LogP contribution is 2.30. The molecule has 1 aliphatic carbocycles. The molecule has 0 atom stereocenters. The highest BCUT2D eigenvalue weighted by atomic mass is 32.2. The molecule has 1 fully saturated rings. The Morgan fingerprint density at radius 3 is 2.65 bits per heavy atom. The minimum Gasteiger partial charge on any atom is -0.469 e.